The molecule has 9 heteroatoms. The first-order chi connectivity index (χ1) is 11.0. The molecule has 0 aliphatic carbocycles. The molecule has 0 bridgehead atoms. The van der Waals surface area contributed by atoms with Crippen molar-refractivity contribution in [2.45, 2.75) is 18.0 Å². The van der Waals surface area contributed by atoms with E-state index in [4.69, 9.17) is 0 Å². The summed E-state index contributed by atoms with van der Waals surface area (Å²) in [5, 5.41) is 9.72. The predicted octanol–water partition coefficient (Wildman–Crippen LogP) is 3.23. The second kappa shape index (κ2) is 6.25. The summed E-state index contributed by atoms with van der Waals surface area (Å²) in [6.07, 6.45) is -4.59. The molecule has 1 amide bonds. The van der Waals surface area contributed by atoms with Crippen LogP contribution in [0.4, 0.5) is 13.2 Å². The van der Waals surface area contributed by atoms with Crippen LogP contribution in [0.25, 0.3) is 0 Å². The maximum Gasteiger partial charge on any atom is 0.416 e. The topological polar surface area (TPSA) is 74.7 Å². The molecule has 0 aliphatic rings. The van der Waals surface area contributed by atoms with Gasteiger partial charge in [-0.25, -0.2) is 0 Å². The summed E-state index contributed by atoms with van der Waals surface area (Å²) in [5.74, 6) is -1.36. The van der Waals surface area contributed by atoms with Crippen LogP contribution in [0.5, 0.6) is 0 Å². The number of halogens is 3. The Morgan fingerprint density at radius 2 is 1.50 bits per heavy atom. The summed E-state index contributed by atoms with van der Waals surface area (Å²) >= 11 is 0. The number of hydroxylamine groups is 1. The number of carbonyl (C=O) groups is 1. The van der Waals surface area contributed by atoms with E-state index in [0.717, 1.165) is 17.7 Å². The summed E-state index contributed by atoms with van der Waals surface area (Å²) in [7, 11) is -4.52. The van der Waals surface area contributed by atoms with Gasteiger partial charge in [0.05, 0.1) is 10.5 Å². The number of sulfonamides is 1. The van der Waals surface area contributed by atoms with Crippen molar-refractivity contribution in [3.63, 3.8) is 0 Å². The number of benzene rings is 2. The fourth-order valence-electron chi connectivity index (χ4n) is 1.83. The van der Waals surface area contributed by atoms with Gasteiger partial charge < -0.3 is 0 Å². The van der Waals surface area contributed by atoms with Crippen LogP contribution in [0.2, 0.25) is 0 Å². The van der Waals surface area contributed by atoms with Crippen molar-refractivity contribution in [1.82, 2.24) is 4.47 Å². The molecule has 2 aromatic carbocycles. The fraction of sp³-hybridized carbons (Fsp3) is 0.133. The van der Waals surface area contributed by atoms with Gasteiger partial charge in [0.15, 0.2) is 0 Å². The molecular weight excluding hydrogens is 347 g/mol. The molecule has 128 valence electrons. The molecule has 0 radical (unpaired) electrons. The lowest BCUT2D eigenvalue weighted by molar-refractivity contribution is -0.137. The highest BCUT2D eigenvalue weighted by molar-refractivity contribution is 7.89. The second-order valence-electron chi connectivity index (χ2n) is 4.94. The molecule has 0 saturated heterocycles. The first-order valence-corrected chi connectivity index (χ1v) is 8.00. The third-order valence-corrected chi connectivity index (χ3v) is 4.67. The van der Waals surface area contributed by atoms with E-state index < -0.39 is 37.7 Å². The number of nitrogens with zero attached hydrogens (tertiary/aromatic N) is 1. The number of aryl methyl sites for hydroxylation is 1. The molecule has 0 spiro atoms. The van der Waals surface area contributed by atoms with E-state index in [0.29, 0.717) is 12.1 Å². The highest BCUT2D eigenvalue weighted by Gasteiger charge is 2.32. The normalized spacial score (nSPS) is 12.0. The Morgan fingerprint density at radius 1 is 1.00 bits per heavy atom. The van der Waals surface area contributed by atoms with Crippen LogP contribution in [-0.4, -0.2) is 24.0 Å². The summed E-state index contributed by atoms with van der Waals surface area (Å²) in [6, 6.07) is 8.19. The highest BCUT2D eigenvalue weighted by Crippen LogP contribution is 2.29. The first-order valence-electron chi connectivity index (χ1n) is 6.56. The second-order valence-corrected chi connectivity index (χ2v) is 6.71. The number of hydrogen-bond donors (Lipinski definition) is 1. The van der Waals surface area contributed by atoms with Crippen molar-refractivity contribution in [1.29, 1.82) is 0 Å². The SMILES string of the molecule is Cc1ccc(S(=O)(=O)N(O)C(=O)c2ccc(C(F)(F)F)cc2)cc1. The minimum Gasteiger partial charge on any atom is -0.271 e. The van der Waals surface area contributed by atoms with Gasteiger partial charge >= 0.3 is 6.18 Å². The monoisotopic (exact) mass is 359 g/mol. The van der Waals surface area contributed by atoms with E-state index in [1.807, 2.05) is 0 Å². The van der Waals surface area contributed by atoms with Crippen LogP contribution in [-0.2, 0) is 16.2 Å². The molecule has 2 aromatic rings. The quantitative estimate of drug-likeness (QED) is 0.674. The van der Waals surface area contributed by atoms with E-state index >= 15 is 0 Å². The molecule has 24 heavy (non-hydrogen) atoms. The van der Waals surface area contributed by atoms with Crippen LogP contribution < -0.4 is 0 Å². The van der Waals surface area contributed by atoms with Crippen LogP contribution >= 0.6 is 0 Å². The average Bonchev–Trinajstić information content (AvgIpc) is 2.53. The number of rotatable bonds is 3. The van der Waals surface area contributed by atoms with Crippen LogP contribution in [0.1, 0.15) is 21.5 Å². The summed E-state index contributed by atoms with van der Waals surface area (Å²) < 4.78 is 61.3. The lowest BCUT2D eigenvalue weighted by Gasteiger charge is -2.16. The molecule has 5 nitrogen and oxygen atoms in total. The van der Waals surface area contributed by atoms with Crippen molar-refractivity contribution in [2.75, 3.05) is 0 Å². The zero-order valence-corrected chi connectivity index (χ0v) is 13.1. The van der Waals surface area contributed by atoms with Crippen LogP contribution in [0.3, 0.4) is 0 Å². The van der Waals surface area contributed by atoms with E-state index in [1.165, 1.54) is 24.3 Å². The van der Waals surface area contributed by atoms with Crippen molar-refractivity contribution in [3.8, 4) is 0 Å². The maximum absolute atomic E-state index is 12.5. The molecule has 0 fully saturated rings. The van der Waals surface area contributed by atoms with Gasteiger partial charge in [0.2, 0.25) is 0 Å². The minimum atomic E-state index is -4.59. The third-order valence-electron chi connectivity index (χ3n) is 3.18. The number of hydrogen-bond acceptors (Lipinski definition) is 4. The smallest absolute Gasteiger partial charge is 0.271 e. The zero-order chi connectivity index (χ0) is 18.1. The van der Waals surface area contributed by atoms with Crippen molar-refractivity contribution in [3.05, 3.63) is 65.2 Å². The Balaban J connectivity index is 2.30. The standard InChI is InChI=1S/C15H12F3NO4S/c1-10-2-8-13(9-3-10)24(22,23)19(21)14(20)11-4-6-12(7-5-11)15(16,17)18/h2-9,21H,1H3. The van der Waals surface area contributed by atoms with Crippen molar-refractivity contribution < 1.29 is 31.6 Å². The minimum absolute atomic E-state index is 0.323. The molecule has 2 rings (SSSR count). The van der Waals surface area contributed by atoms with E-state index in [-0.39, 0.29) is 4.90 Å². The van der Waals surface area contributed by atoms with Gasteiger partial charge in [0, 0.05) is 5.56 Å². The van der Waals surface area contributed by atoms with Gasteiger partial charge in [-0.05, 0) is 43.3 Å². The molecule has 0 atom stereocenters. The van der Waals surface area contributed by atoms with Gasteiger partial charge in [-0.1, -0.05) is 17.7 Å². The third kappa shape index (κ3) is 3.57. The number of carbonyl (C=O) groups excluding carboxylic acids is 1. The lowest BCUT2D eigenvalue weighted by atomic mass is 10.1. The Bertz CT molecular complexity index is 844. The van der Waals surface area contributed by atoms with Gasteiger partial charge in [-0.3, -0.25) is 10.0 Å². The highest BCUT2D eigenvalue weighted by atomic mass is 32.2. The van der Waals surface area contributed by atoms with E-state index in [9.17, 15) is 31.6 Å². The summed E-state index contributed by atoms with van der Waals surface area (Å²) in [6.45, 7) is 1.72. The predicted molar refractivity (Wildman–Crippen MR) is 77.8 cm³/mol. The Morgan fingerprint density at radius 3 is 1.96 bits per heavy atom. The summed E-state index contributed by atoms with van der Waals surface area (Å²) in [4.78, 5) is 11.7. The van der Waals surface area contributed by atoms with Gasteiger partial charge in [-0.15, -0.1) is 4.47 Å². The fourth-order valence-corrected chi connectivity index (χ4v) is 2.83. The summed E-state index contributed by atoms with van der Waals surface area (Å²) in [5.41, 5.74) is -0.626. The van der Waals surface area contributed by atoms with Gasteiger partial charge in [0.1, 0.15) is 0 Å². The first kappa shape index (κ1) is 18.0. The largest absolute Gasteiger partial charge is 0.416 e. The van der Waals surface area contributed by atoms with Crippen LogP contribution in [0.15, 0.2) is 53.4 Å². The van der Waals surface area contributed by atoms with Crippen LogP contribution in [0, 0.1) is 6.92 Å². The molecule has 0 heterocycles. The Kier molecular flexibility index (Phi) is 4.68. The van der Waals surface area contributed by atoms with Crippen molar-refractivity contribution in [2.24, 2.45) is 0 Å². The molecule has 0 aromatic heterocycles. The van der Waals surface area contributed by atoms with E-state index in [1.54, 1.807) is 6.92 Å². The molecule has 0 aliphatic heterocycles. The van der Waals surface area contributed by atoms with Crippen molar-refractivity contribution >= 4 is 15.9 Å². The molecule has 0 saturated carbocycles. The Hall–Kier alpha value is -2.39. The lowest BCUT2D eigenvalue weighted by Crippen LogP contribution is -2.33. The van der Waals surface area contributed by atoms with Gasteiger partial charge in [0.25, 0.3) is 15.9 Å². The van der Waals surface area contributed by atoms with E-state index in [2.05, 4.69) is 0 Å². The molecule has 1 N–H and O–H groups in total. The molecular formula is C15H12F3NO4S. The Labute approximate surface area is 136 Å². The number of alkyl halides is 3. The zero-order valence-electron chi connectivity index (χ0n) is 12.3. The number of amides is 1. The average molecular weight is 359 g/mol. The maximum atomic E-state index is 12.5. The van der Waals surface area contributed by atoms with Gasteiger partial charge in [-0.2, -0.15) is 21.6 Å². The molecule has 0 unspecified atom stereocenters.